The zero-order chi connectivity index (χ0) is 8.55. The lowest BCUT2D eigenvalue weighted by molar-refractivity contribution is 0.405. The molecule has 1 aromatic heterocycles. The molecule has 0 unspecified atom stereocenters. The van der Waals surface area contributed by atoms with Gasteiger partial charge in [-0.05, 0) is 12.1 Å². The highest BCUT2D eigenvalue weighted by molar-refractivity contribution is 8.93. The van der Waals surface area contributed by atoms with Gasteiger partial charge in [-0.2, -0.15) is 0 Å². The third-order valence-electron chi connectivity index (χ3n) is 1.70. The SMILES string of the molecule is Br.Oc1cc2cccnc2cc1O. The predicted octanol–water partition coefficient (Wildman–Crippen LogP) is 2.22. The van der Waals surface area contributed by atoms with Crippen LogP contribution in [0.25, 0.3) is 10.9 Å². The highest BCUT2D eigenvalue weighted by atomic mass is 79.9. The molecule has 0 amide bonds. The largest absolute Gasteiger partial charge is 0.504 e. The van der Waals surface area contributed by atoms with E-state index < -0.39 is 0 Å². The third kappa shape index (κ3) is 1.72. The van der Waals surface area contributed by atoms with Gasteiger partial charge in [0.05, 0.1) is 5.52 Å². The van der Waals surface area contributed by atoms with Crippen LogP contribution in [-0.4, -0.2) is 15.2 Å². The molecular formula is C9H8BrNO2. The summed E-state index contributed by atoms with van der Waals surface area (Å²) in [6.07, 6.45) is 1.64. The molecule has 0 aliphatic rings. The maximum atomic E-state index is 9.14. The minimum atomic E-state index is -0.138. The van der Waals surface area contributed by atoms with E-state index in [1.54, 1.807) is 12.3 Å². The van der Waals surface area contributed by atoms with Crippen molar-refractivity contribution in [2.24, 2.45) is 0 Å². The van der Waals surface area contributed by atoms with Crippen LogP contribution in [0.5, 0.6) is 11.5 Å². The Bertz CT molecular complexity index is 390. The quantitative estimate of drug-likeness (QED) is 0.696. The van der Waals surface area contributed by atoms with Crippen molar-refractivity contribution in [2.75, 3.05) is 0 Å². The van der Waals surface area contributed by atoms with Crippen molar-refractivity contribution >= 4 is 27.9 Å². The normalized spacial score (nSPS) is 9.54. The van der Waals surface area contributed by atoms with E-state index in [-0.39, 0.29) is 28.5 Å². The molecule has 0 saturated carbocycles. The first kappa shape index (κ1) is 9.80. The van der Waals surface area contributed by atoms with Gasteiger partial charge in [-0.25, -0.2) is 0 Å². The molecule has 2 rings (SSSR count). The molecule has 2 N–H and O–H groups in total. The van der Waals surface area contributed by atoms with Crippen LogP contribution in [0.3, 0.4) is 0 Å². The molecule has 1 aromatic carbocycles. The van der Waals surface area contributed by atoms with Crippen molar-refractivity contribution in [1.82, 2.24) is 4.98 Å². The molecular weight excluding hydrogens is 234 g/mol. The number of hydrogen-bond acceptors (Lipinski definition) is 3. The minimum Gasteiger partial charge on any atom is -0.504 e. The van der Waals surface area contributed by atoms with E-state index in [9.17, 15) is 0 Å². The van der Waals surface area contributed by atoms with Gasteiger partial charge in [0.2, 0.25) is 0 Å². The summed E-state index contributed by atoms with van der Waals surface area (Å²) >= 11 is 0. The molecule has 0 radical (unpaired) electrons. The van der Waals surface area contributed by atoms with Crippen molar-refractivity contribution in [1.29, 1.82) is 0 Å². The topological polar surface area (TPSA) is 53.4 Å². The van der Waals surface area contributed by atoms with E-state index in [1.807, 2.05) is 6.07 Å². The van der Waals surface area contributed by atoms with E-state index in [1.165, 1.54) is 12.1 Å². The van der Waals surface area contributed by atoms with Gasteiger partial charge in [-0.1, -0.05) is 6.07 Å². The Kier molecular flexibility index (Phi) is 2.72. The maximum Gasteiger partial charge on any atom is 0.159 e. The van der Waals surface area contributed by atoms with Gasteiger partial charge in [-0.15, -0.1) is 17.0 Å². The van der Waals surface area contributed by atoms with Crippen molar-refractivity contribution in [2.45, 2.75) is 0 Å². The third-order valence-corrected chi connectivity index (χ3v) is 1.70. The summed E-state index contributed by atoms with van der Waals surface area (Å²) in [6.45, 7) is 0. The lowest BCUT2D eigenvalue weighted by atomic mass is 10.2. The van der Waals surface area contributed by atoms with Crippen LogP contribution in [0.4, 0.5) is 0 Å². The number of phenols is 2. The second-order valence-electron chi connectivity index (χ2n) is 2.54. The molecule has 1 heterocycles. The van der Waals surface area contributed by atoms with E-state index in [0.717, 1.165) is 5.39 Å². The second kappa shape index (κ2) is 3.62. The van der Waals surface area contributed by atoms with Crippen LogP contribution in [0.1, 0.15) is 0 Å². The molecule has 2 aromatic rings. The first-order chi connectivity index (χ1) is 5.77. The number of pyridine rings is 1. The lowest BCUT2D eigenvalue weighted by Gasteiger charge is -1.99. The zero-order valence-corrected chi connectivity index (χ0v) is 8.35. The van der Waals surface area contributed by atoms with Gasteiger partial charge in [0, 0.05) is 17.6 Å². The highest BCUT2D eigenvalue weighted by Crippen LogP contribution is 2.28. The Labute approximate surface area is 85.4 Å². The van der Waals surface area contributed by atoms with Crippen LogP contribution in [0, 0.1) is 0 Å². The number of aromatic hydroxyl groups is 2. The molecule has 0 atom stereocenters. The van der Waals surface area contributed by atoms with E-state index in [2.05, 4.69) is 4.98 Å². The fraction of sp³-hybridized carbons (Fsp3) is 0. The summed E-state index contributed by atoms with van der Waals surface area (Å²) in [6, 6.07) is 6.52. The Balaban J connectivity index is 0.000000845. The average molecular weight is 242 g/mol. The number of benzene rings is 1. The lowest BCUT2D eigenvalue weighted by Crippen LogP contribution is -1.77. The zero-order valence-electron chi connectivity index (χ0n) is 6.64. The fourth-order valence-corrected chi connectivity index (χ4v) is 1.10. The first-order valence-corrected chi connectivity index (χ1v) is 3.54. The Hall–Kier alpha value is -1.29. The number of nitrogens with zero attached hydrogens (tertiary/aromatic N) is 1. The summed E-state index contributed by atoms with van der Waals surface area (Å²) in [4.78, 5) is 4.01. The number of halogens is 1. The maximum absolute atomic E-state index is 9.14. The predicted molar refractivity (Wildman–Crippen MR) is 55.4 cm³/mol. The van der Waals surface area contributed by atoms with Crippen LogP contribution < -0.4 is 0 Å². The summed E-state index contributed by atoms with van der Waals surface area (Å²) < 4.78 is 0. The number of phenolic OH excluding ortho intramolecular Hbond substituents is 2. The molecule has 0 aliphatic carbocycles. The molecule has 0 fully saturated rings. The molecule has 68 valence electrons. The van der Waals surface area contributed by atoms with Gasteiger partial charge in [0.15, 0.2) is 11.5 Å². The molecule has 0 spiro atoms. The summed E-state index contributed by atoms with van der Waals surface area (Å²) in [7, 11) is 0. The number of rotatable bonds is 0. The number of hydrogen-bond donors (Lipinski definition) is 2. The van der Waals surface area contributed by atoms with Crippen molar-refractivity contribution in [3.63, 3.8) is 0 Å². The van der Waals surface area contributed by atoms with Crippen molar-refractivity contribution in [3.05, 3.63) is 30.5 Å². The highest BCUT2D eigenvalue weighted by Gasteiger charge is 2.00. The Morgan fingerprint density at radius 1 is 1.08 bits per heavy atom. The summed E-state index contributed by atoms with van der Waals surface area (Å²) in [5, 5.41) is 19.1. The average Bonchev–Trinajstić information content (AvgIpc) is 2.07. The van der Waals surface area contributed by atoms with Crippen LogP contribution in [0.15, 0.2) is 30.5 Å². The molecule has 0 aliphatic heterocycles. The smallest absolute Gasteiger partial charge is 0.159 e. The monoisotopic (exact) mass is 241 g/mol. The van der Waals surface area contributed by atoms with Crippen LogP contribution in [-0.2, 0) is 0 Å². The molecule has 0 saturated heterocycles. The molecule has 3 nitrogen and oxygen atoms in total. The fourth-order valence-electron chi connectivity index (χ4n) is 1.10. The van der Waals surface area contributed by atoms with Crippen molar-refractivity contribution in [3.8, 4) is 11.5 Å². The van der Waals surface area contributed by atoms with Gasteiger partial charge in [0.25, 0.3) is 0 Å². The molecule has 4 heteroatoms. The number of fused-ring (bicyclic) bond motifs is 1. The van der Waals surface area contributed by atoms with E-state index >= 15 is 0 Å². The van der Waals surface area contributed by atoms with E-state index in [4.69, 9.17) is 10.2 Å². The molecule has 13 heavy (non-hydrogen) atoms. The minimum absolute atomic E-state index is 0. The summed E-state index contributed by atoms with van der Waals surface area (Å²) in [5.74, 6) is -0.253. The number of aromatic nitrogens is 1. The molecule has 0 bridgehead atoms. The van der Waals surface area contributed by atoms with Crippen LogP contribution >= 0.6 is 17.0 Å². The summed E-state index contributed by atoms with van der Waals surface area (Å²) in [5.41, 5.74) is 0.674. The standard InChI is InChI=1S/C9H7NO2.BrH/c11-8-4-6-2-1-3-10-7(6)5-9(8)12;/h1-5,11-12H;1H. The van der Waals surface area contributed by atoms with Gasteiger partial charge in [-0.3, -0.25) is 4.98 Å². The first-order valence-electron chi connectivity index (χ1n) is 3.54. The van der Waals surface area contributed by atoms with Crippen molar-refractivity contribution < 1.29 is 10.2 Å². The second-order valence-corrected chi connectivity index (χ2v) is 2.54. The Morgan fingerprint density at radius 3 is 2.54 bits per heavy atom. The van der Waals surface area contributed by atoms with Gasteiger partial charge < -0.3 is 10.2 Å². The Morgan fingerprint density at radius 2 is 1.77 bits per heavy atom. The van der Waals surface area contributed by atoms with E-state index in [0.29, 0.717) is 5.52 Å². The van der Waals surface area contributed by atoms with Gasteiger partial charge >= 0.3 is 0 Å². The van der Waals surface area contributed by atoms with Gasteiger partial charge in [0.1, 0.15) is 0 Å². The van der Waals surface area contributed by atoms with Crippen LogP contribution in [0.2, 0.25) is 0 Å².